The summed E-state index contributed by atoms with van der Waals surface area (Å²) in [5.74, 6) is -0.801. The van der Waals surface area contributed by atoms with Crippen LogP contribution in [0.3, 0.4) is 0 Å². The highest BCUT2D eigenvalue weighted by molar-refractivity contribution is 6.04. The van der Waals surface area contributed by atoms with Gasteiger partial charge in [-0.2, -0.15) is 0 Å². The van der Waals surface area contributed by atoms with Gasteiger partial charge in [-0.05, 0) is 30.3 Å². The second-order valence-corrected chi connectivity index (χ2v) is 5.21. The van der Waals surface area contributed by atoms with E-state index in [0.717, 1.165) is 0 Å². The molecule has 0 atom stereocenters. The molecule has 0 spiro atoms. The van der Waals surface area contributed by atoms with Crippen LogP contribution in [-0.4, -0.2) is 35.8 Å². The summed E-state index contributed by atoms with van der Waals surface area (Å²) in [6, 6.07) is 9.05. The minimum absolute atomic E-state index is 0.156. The normalized spacial score (nSPS) is 9.96. The molecule has 0 aliphatic carbocycles. The molecule has 2 rings (SSSR count). The van der Waals surface area contributed by atoms with Crippen molar-refractivity contribution in [3.8, 4) is 0 Å². The molecule has 8 heteroatoms. The molecule has 25 heavy (non-hydrogen) atoms. The lowest BCUT2D eigenvalue weighted by Gasteiger charge is -2.08. The number of hydrogen-bond donors (Lipinski definition) is 4. The minimum Gasteiger partial charge on any atom is -0.355 e. The Hall–Kier alpha value is -3.42. The second-order valence-electron chi connectivity index (χ2n) is 5.21. The van der Waals surface area contributed by atoms with Gasteiger partial charge < -0.3 is 20.9 Å². The Morgan fingerprint density at radius 3 is 2.12 bits per heavy atom. The number of aromatic nitrogens is 1. The van der Waals surface area contributed by atoms with Crippen LogP contribution in [0.15, 0.2) is 47.4 Å². The molecule has 0 aliphatic heterocycles. The minimum atomic E-state index is -0.372. The average molecular weight is 342 g/mol. The number of pyridine rings is 1. The fourth-order valence-electron chi connectivity index (χ4n) is 1.98. The van der Waals surface area contributed by atoms with Crippen LogP contribution in [0, 0.1) is 0 Å². The summed E-state index contributed by atoms with van der Waals surface area (Å²) in [4.78, 5) is 48.1. The molecule has 0 unspecified atom stereocenters. The summed E-state index contributed by atoms with van der Waals surface area (Å²) in [6.07, 6.45) is 1.33. The maximum Gasteiger partial charge on any atom is 0.257 e. The SMILES string of the molecule is CC(=O)NCCNC(=O)c1ccc(NC(=O)c2ccc(=O)[nH]c2)cc1. The van der Waals surface area contributed by atoms with Crippen molar-refractivity contribution >= 4 is 23.4 Å². The van der Waals surface area contributed by atoms with Gasteiger partial charge in [-0.3, -0.25) is 19.2 Å². The zero-order chi connectivity index (χ0) is 18.2. The number of benzene rings is 1. The second kappa shape index (κ2) is 8.44. The lowest BCUT2D eigenvalue weighted by atomic mass is 10.2. The third kappa shape index (κ3) is 5.61. The standard InChI is InChI=1S/C17H18N4O4/c1-11(22)18-8-9-19-16(24)12-2-5-14(6-3-12)21-17(25)13-4-7-15(23)20-10-13/h2-7,10H,8-9H2,1H3,(H,18,22)(H,19,24)(H,20,23)(H,21,25). The van der Waals surface area contributed by atoms with Crippen LogP contribution in [-0.2, 0) is 4.79 Å². The van der Waals surface area contributed by atoms with Gasteiger partial charge in [0.15, 0.2) is 0 Å². The van der Waals surface area contributed by atoms with Crippen LogP contribution in [0.1, 0.15) is 27.6 Å². The molecule has 0 bridgehead atoms. The number of amides is 3. The predicted octanol–water partition coefficient (Wildman–Crippen LogP) is 0.493. The summed E-state index contributed by atoms with van der Waals surface area (Å²) in [6.45, 7) is 2.08. The lowest BCUT2D eigenvalue weighted by Crippen LogP contribution is -2.33. The highest BCUT2D eigenvalue weighted by Gasteiger charge is 2.08. The third-order valence-corrected chi connectivity index (χ3v) is 3.24. The van der Waals surface area contributed by atoms with E-state index >= 15 is 0 Å². The number of nitrogens with one attached hydrogen (secondary N) is 4. The molecule has 0 saturated carbocycles. The van der Waals surface area contributed by atoms with Crippen molar-refractivity contribution in [1.82, 2.24) is 15.6 Å². The van der Waals surface area contributed by atoms with Crippen LogP contribution in [0.5, 0.6) is 0 Å². The number of carbonyl (C=O) groups is 3. The smallest absolute Gasteiger partial charge is 0.257 e. The first-order valence-corrected chi connectivity index (χ1v) is 7.58. The molecule has 0 fully saturated rings. The fourth-order valence-corrected chi connectivity index (χ4v) is 1.98. The van der Waals surface area contributed by atoms with Crippen LogP contribution >= 0.6 is 0 Å². The van der Waals surface area contributed by atoms with Gasteiger partial charge in [-0.1, -0.05) is 0 Å². The Morgan fingerprint density at radius 2 is 1.52 bits per heavy atom. The van der Waals surface area contributed by atoms with E-state index in [9.17, 15) is 19.2 Å². The van der Waals surface area contributed by atoms with E-state index < -0.39 is 0 Å². The molecule has 0 aliphatic rings. The van der Waals surface area contributed by atoms with Crippen LogP contribution in [0.25, 0.3) is 0 Å². The van der Waals surface area contributed by atoms with Gasteiger partial charge in [-0.25, -0.2) is 0 Å². The topological polar surface area (TPSA) is 120 Å². The van der Waals surface area contributed by atoms with Gasteiger partial charge in [-0.15, -0.1) is 0 Å². The molecule has 8 nitrogen and oxygen atoms in total. The van der Waals surface area contributed by atoms with Gasteiger partial charge in [0, 0.05) is 43.5 Å². The third-order valence-electron chi connectivity index (χ3n) is 3.24. The highest BCUT2D eigenvalue weighted by Crippen LogP contribution is 2.11. The summed E-state index contributed by atoms with van der Waals surface area (Å²) in [7, 11) is 0. The van der Waals surface area contributed by atoms with Crippen molar-refractivity contribution < 1.29 is 14.4 Å². The first-order chi connectivity index (χ1) is 12.0. The monoisotopic (exact) mass is 342 g/mol. The van der Waals surface area contributed by atoms with Gasteiger partial charge in [0.05, 0.1) is 5.56 Å². The molecule has 0 radical (unpaired) electrons. The largest absolute Gasteiger partial charge is 0.355 e. The quantitative estimate of drug-likeness (QED) is 0.571. The highest BCUT2D eigenvalue weighted by atomic mass is 16.2. The van der Waals surface area contributed by atoms with Crippen LogP contribution in [0.4, 0.5) is 5.69 Å². The molecule has 0 saturated heterocycles. The van der Waals surface area contributed by atoms with Crippen molar-refractivity contribution in [2.75, 3.05) is 18.4 Å². The van der Waals surface area contributed by atoms with E-state index in [2.05, 4.69) is 20.9 Å². The van der Waals surface area contributed by atoms with Crippen molar-refractivity contribution in [1.29, 1.82) is 0 Å². The first-order valence-electron chi connectivity index (χ1n) is 7.58. The van der Waals surface area contributed by atoms with Gasteiger partial charge in [0.2, 0.25) is 11.5 Å². The maximum absolute atomic E-state index is 12.0. The summed E-state index contributed by atoms with van der Waals surface area (Å²) in [5.41, 5.74) is 0.987. The fraction of sp³-hybridized carbons (Fsp3) is 0.176. The van der Waals surface area contributed by atoms with Gasteiger partial charge in [0.25, 0.3) is 11.8 Å². The predicted molar refractivity (Wildman–Crippen MR) is 92.5 cm³/mol. The van der Waals surface area contributed by atoms with E-state index in [1.54, 1.807) is 24.3 Å². The number of aromatic amines is 1. The van der Waals surface area contributed by atoms with E-state index in [4.69, 9.17) is 0 Å². The Balaban J connectivity index is 1.89. The average Bonchev–Trinajstić information content (AvgIpc) is 2.59. The molecule has 1 aromatic heterocycles. The Labute approximate surface area is 143 Å². The van der Waals surface area contributed by atoms with E-state index in [0.29, 0.717) is 29.9 Å². The molecule has 1 heterocycles. The van der Waals surface area contributed by atoms with Crippen molar-refractivity contribution in [3.63, 3.8) is 0 Å². The number of rotatable bonds is 6. The van der Waals surface area contributed by atoms with E-state index in [-0.39, 0.29) is 23.3 Å². The van der Waals surface area contributed by atoms with E-state index in [1.807, 2.05) is 0 Å². The lowest BCUT2D eigenvalue weighted by molar-refractivity contribution is -0.118. The molecule has 2 aromatic rings. The van der Waals surface area contributed by atoms with Crippen LogP contribution < -0.4 is 21.5 Å². The van der Waals surface area contributed by atoms with Crippen molar-refractivity contribution in [2.45, 2.75) is 6.92 Å². The summed E-state index contributed by atoms with van der Waals surface area (Å²) in [5, 5.41) is 7.92. The number of H-pyrrole nitrogens is 1. The van der Waals surface area contributed by atoms with Crippen molar-refractivity contribution in [2.24, 2.45) is 0 Å². The number of carbonyl (C=O) groups excluding carboxylic acids is 3. The molecule has 4 N–H and O–H groups in total. The number of anilines is 1. The summed E-state index contributed by atoms with van der Waals surface area (Å²) < 4.78 is 0. The molecular formula is C17H18N4O4. The molecular weight excluding hydrogens is 324 g/mol. The Morgan fingerprint density at radius 1 is 0.880 bits per heavy atom. The molecule has 130 valence electrons. The Bertz CT molecular complexity index is 807. The number of hydrogen-bond acceptors (Lipinski definition) is 4. The van der Waals surface area contributed by atoms with E-state index in [1.165, 1.54) is 25.3 Å². The summed E-state index contributed by atoms with van der Waals surface area (Å²) >= 11 is 0. The molecule has 1 aromatic carbocycles. The zero-order valence-corrected chi connectivity index (χ0v) is 13.6. The van der Waals surface area contributed by atoms with Crippen LogP contribution in [0.2, 0.25) is 0 Å². The van der Waals surface area contributed by atoms with Crippen molar-refractivity contribution in [3.05, 3.63) is 64.1 Å². The molecule has 3 amide bonds. The van der Waals surface area contributed by atoms with Gasteiger partial charge in [0.1, 0.15) is 0 Å². The first kappa shape index (κ1) is 17.9. The Kier molecular flexibility index (Phi) is 6.05. The van der Waals surface area contributed by atoms with Gasteiger partial charge >= 0.3 is 0 Å². The maximum atomic E-state index is 12.0. The zero-order valence-electron chi connectivity index (χ0n) is 13.6.